The number of rotatable bonds is 7. The topological polar surface area (TPSA) is 104 Å². The molecule has 0 spiro atoms. The van der Waals surface area contributed by atoms with Gasteiger partial charge < -0.3 is 27.4 Å². The van der Waals surface area contributed by atoms with E-state index in [0.717, 1.165) is 17.0 Å². The number of nitrogens with zero attached hydrogens (tertiary/aromatic N) is 1. The third-order valence-corrected chi connectivity index (χ3v) is 3.37. The van der Waals surface area contributed by atoms with Crippen molar-refractivity contribution in [2.24, 2.45) is 5.73 Å². The number of aldehydes is 2. The Balaban J connectivity index is -0.000000183. The van der Waals surface area contributed by atoms with Crippen LogP contribution >= 0.6 is 0 Å². The molecule has 0 saturated heterocycles. The first-order valence-corrected chi connectivity index (χ1v) is 7.21. The number of carbonyl (C=O) groups is 4. The van der Waals surface area contributed by atoms with Crippen molar-refractivity contribution < 1.29 is 40.8 Å². The number of nitrogens with two attached hydrogens (primary N) is 1. The Morgan fingerprint density at radius 2 is 1.52 bits per heavy atom. The molecule has 2 N–H and O–H groups in total. The maximum absolute atomic E-state index is 11.2. The summed E-state index contributed by atoms with van der Waals surface area (Å²) >= 11 is 0. The maximum Gasteiger partial charge on any atom is 0.333 e. The minimum absolute atomic E-state index is 0. The Kier molecular flexibility index (Phi) is 19.2. The molecule has 0 aromatic heterocycles. The van der Waals surface area contributed by atoms with Gasteiger partial charge in [0, 0.05) is 12.0 Å². The van der Waals surface area contributed by atoms with Gasteiger partial charge in [-0.25, -0.2) is 4.79 Å². The molecule has 7 nitrogen and oxygen atoms in total. The largest absolute Gasteiger partial charge is 1.00 e. The second-order valence-corrected chi connectivity index (χ2v) is 6.37. The monoisotopic (exact) mass is 378 g/mol. The van der Waals surface area contributed by atoms with Gasteiger partial charge in [-0.2, -0.15) is 0 Å². The summed E-state index contributed by atoms with van der Waals surface area (Å²) in [6.45, 7) is 13.1. The summed E-state index contributed by atoms with van der Waals surface area (Å²) in [6, 6.07) is 0. The van der Waals surface area contributed by atoms with Gasteiger partial charge in [0.15, 0.2) is 12.6 Å². The first kappa shape index (κ1) is 30.8. The van der Waals surface area contributed by atoms with Crippen LogP contribution < -0.4 is 18.1 Å². The van der Waals surface area contributed by atoms with Crippen molar-refractivity contribution in [3.05, 3.63) is 24.8 Å². The molecule has 0 aromatic rings. The molecule has 1 amide bonds. The molecule has 0 unspecified atom stereocenters. The highest BCUT2D eigenvalue weighted by Crippen LogP contribution is 2.21. The molecule has 8 heteroatoms. The fraction of sp³-hybridized carbons (Fsp3) is 0.529. The van der Waals surface area contributed by atoms with Crippen LogP contribution in [-0.4, -0.2) is 62.2 Å². The predicted molar refractivity (Wildman–Crippen MR) is 94.0 cm³/mol. The number of hydrogen-bond donors (Lipinski definition) is 1. The lowest BCUT2D eigenvalue weighted by molar-refractivity contribution is -0.920. The number of ether oxygens (including phenoxy) is 1. The molecule has 0 saturated carbocycles. The third kappa shape index (κ3) is 20.0. The number of esters is 1. The van der Waals surface area contributed by atoms with Gasteiger partial charge in [-0.3, -0.25) is 14.4 Å². The molecular weight excluding hydrogens is 348 g/mol. The molecule has 0 aromatic carbocycles. The Bertz CT molecular complexity index is 448. The Labute approximate surface area is 156 Å². The van der Waals surface area contributed by atoms with Crippen molar-refractivity contribution in [1.29, 1.82) is 0 Å². The number of carbonyl (C=O) groups excluding carboxylic acids is 4. The highest BCUT2D eigenvalue weighted by molar-refractivity contribution is 6.09. The smallest absolute Gasteiger partial charge is 0.333 e. The van der Waals surface area contributed by atoms with Gasteiger partial charge in [0.05, 0.1) is 33.3 Å². The Morgan fingerprint density at radius 1 is 1.16 bits per heavy atom. The number of primary amides is 1. The molecule has 0 bridgehead atoms. The van der Waals surface area contributed by atoms with Gasteiger partial charge in [0.1, 0.15) is 0 Å². The van der Waals surface area contributed by atoms with Crippen LogP contribution in [0.4, 0.5) is 0 Å². The first-order chi connectivity index (χ1) is 10.8. The molecule has 25 heavy (non-hydrogen) atoms. The van der Waals surface area contributed by atoms with E-state index in [1.54, 1.807) is 6.92 Å². The SMILES string of the molecule is C=C(C)C(=O)OCCC(C)(C)[N+](C)(C)C.C=CC(N)=O.O=CC=O.[Cl-]. The molecule has 0 fully saturated rings. The van der Waals surface area contributed by atoms with E-state index in [2.05, 4.69) is 53.9 Å². The third-order valence-electron chi connectivity index (χ3n) is 3.37. The summed E-state index contributed by atoms with van der Waals surface area (Å²) in [6.07, 6.45) is 2.29. The molecule has 0 radical (unpaired) electrons. The number of hydrogen-bond acceptors (Lipinski definition) is 5. The summed E-state index contributed by atoms with van der Waals surface area (Å²) < 4.78 is 5.93. The maximum atomic E-state index is 11.2. The lowest BCUT2D eigenvalue weighted by atomic mass is 9.97. The number of amides is 1. The van der Waals surface area contributed by atoms with E-state index >= 15 is 0 Å². The van der Waals surface area contributed by atoms with Crippen molar-refractivity contribution in [2.75, 3.05) is 27.7 Å². The molecule has 0 heterocycles. The Hall–Kier alpha value is -1.99. The first-order valence-electron chi connectivity index (χ1n) is 7.21. The fourth-order valence-corrected chi connectivity index (χ4v) is 0.852. The van der Waals surface area contributed by atoms with Crippen molar-refractivity contribution in [3.63, 3.8) is 0 Å². The lowest BCUT2D eigenvalue weighted by Gasteiger charge is -2.41. The summed E-state index contributed by atoms with van der Waals surface area (Å²) in [4.78, 5) is 38.2. The van der Waals surface area contributed by atoms with Gasteiger partial charge in [0.25, 0.3) is 0 Å². The van der Waals surface area contributed by atoms with Crippen LogP contribution in [0.3, 0.4) is 0 Å². The van der Waals surface area contributed by atoms with Crippen LogP contribution in [-0.2, 0) is 23.9 Å². The van der Waals surface area contributed by atoms with E-state index in [-0.39, 0.29) is 36.5 Å². The zero-order valence-corrected chi connectivity index (χ0v) is 16.8. The molecule has 0 atom stereocenters. The van der Waals surface area contributed by atoms with E-state index in [9.17, 15) is 9.59 Å². The summed E-state index contributed by atoms with van der Waals surface area (Å²) in [5.74, 6) is -0.780. The van der Waals surface area contributed by atoms with Gasteiger partial charge in [0.2, 0.25) is 5.91 Å². The minimum atomic E-state index is -0.481. The second-order valence-electron chi connectivity index (χ2n) is 6.37. The summed E-state index contributed by atoms with van der Waals surface area (Å²) in [5, 5.41) is 0. The highest BCUT2D eigenvalue weighted by atomic mass is 35.5. The van der Waals surface area contributed by atoms with Crippen LogP contribution in [0.15, 0.2) is 24.8 Å². The fourth-order valence-electron chi connectivity index (χ4n) is 0.852. The van der Waals surface area contributed by atoms with E-state index in [1.165, 1.54) is 0 Å². The van der Waals surface area contributed by atoms with Gasteiger partial charge in [-0.15, -0.1) is 0 Å². The minimum Gasteiger partial charge on any atom is -1.00 e. The second kappa shape index (κ2) is 15.5. The van der Waals surface area contributed by atoms with E-state index < -0.39 is 5.91 Å². The van der Waals surface area contributed by atoms with Crippen molar-refractivity contribution in [3.8, 4) is 0 Å². The number of halogens is 1. The molecule has 0 aliphatic carbocycles. The highest BCUT2D eigenvalue weighted by Gasteiger charge is 2.32. The number of quaternary nitrogens is 1. The summed E-state index contributed by atoms with van der Waals surface area (Å²) in [7, 11) is 6.42. The van der Waals surface area contributed by atoms with Crippen LogP contribution in [0.1, 0.15) is 27.2 Å². The van der Waals surface area contributed by atoms with E-state index in [4.69, 9.17) is 14.3 Å². The van der Waals surface area contributed by atoms with Gasteiger partial charge >= 0.3 is 5.97 Å². The van der Waals surface area contributed by atoms with Crippen LogP contribution in [0.5, 0.6) is 0 Å². The standard InChI is InChI=1S/C12H24NO2.C3H5NO.C2H2O2.ClH/c1-10(2)11(14)15-9-8-12(3,4)13(5,6)7;1-2-3(4)5;3-1-2-4;/h1,8-9H2,2-7H3;2H,1H2,(H2,4,5);1-2H;1H/q+1;;;/p-1. The summed E-state index contributed by atoms with van der Waals surface area (Å²) in [5.41, 5.74) is 5.08. The van der Waals surface area contributed by atoms with Gasteiger partial charge in [-0.05, 0) is 26.8 Å². The zero-order chi connectivity index (χ0) is 20.0. The molecular formula is C17H31ClN2O5. The quantitative estimate of drug-likeness (QED) is 0.182. The van der Waals surface area contributed by atoms with Crippen molar-refractivity contribution in [1.82, 2.24) is 0 Å². The lowest BCUT2D eigenvalue weighted by Crippen LogP contribution is -3.00. The van der Waals surface area contributed by atoms with Crippen LogP contribution in [0.25, 0.3) is 0 Å². The van der Waals surface area contributed by atoms with E-state index in [0.29, 0.717) is 12.2 Å². The molecule has 0 aliphatic rings. The van der Waals surface area contributed by atoms with Crippen molar-refractivity contribution >= 4 is 24.4 Å². The molecule has 0 aliphatic heterocycles. The average Bonchev–Trinajstić information content (AvgIpc) is 2.46. The molecule has 146 valence electrons. The van der Waals surface area contributed by atoms with Crippen molar-refractivity contribution in [2.45, 2.75) is 32.7 Å². The van der Waals surface area contributed by atoms with Crippen LogP contribution in [0.2, 0.25) is 0 Å². The Morgan fingerprint density at radius 3 is 1.72 bits per heavy atom. The van der Waals surface area contributed by atoms with E-state index in [1.807, 2.05) is 0 Å². The van der Waals surface area contributed by atoms with Crippen LogP contribution in [0, 0.1) is 0 Å². The molecule has 0 rings (SSSR count). The predicted octanol–water partition coefficient (Wildman–Crippen LogP) is -1.97. The normalized spacial score (nSPS) is 9.52. The van der Waals surface area contributed by atoms with Gasteiger partial charge in [-0.1, -0.05) is 13.2 Å². The average molecular weight is 379 g/mol. The zero-order valence-electron chi connectivity index (χ0n) is 16.0.